The van der Waals surface area contributed by atoms with Crippen LogP contribution in [0.3, 0.4) is 0 Å². The Morgan fingerprint density at radius 1 is 1.25 bits per heavy atom. The van der Waals surface area contributed by atoms with Crippen LogP contribution < -0.4 is 0 Å². The van der Waals surface area contributed by atoms with E-state index in [0.29, 0.717) is 18.0 Å². The monoisotopic (exact) mass is 301 g/mol. The zero-order chi connectivity index (χ0) is 15.3. The molecule has 0 aliphatic carbocycles. The Kier molecular flexibility index (Phi) is 6.01. The number of nitrogens with zero attached hydrogens (tertiary/aromatic N) is 1. The second-order valence-corrected chi connectivity index (χ2v) is 6.42. The van der Waals surface area contributed by atoms with Gasteiger partial charge in [0.05, 0.1) is 17.9 Å². The van der Waals surface area contributed by atoms with E-state index in [1.807, 2.05) is 32.9 Å². The summed E-state index contributed by atoms with van der Waals surface area (Å²) in [6.45, 7) is 6.58. The lowest BCUT2D eigenvalue weighted by molar-refractivity contribution is -0.149. The Hall–Kier alpha value is -1.08. The van der Waals surface area contributed by atoms with Crippen LogP contribution in [0.4, 0.5) is 0 Å². The maximum atomic E-state index is 11.2. The van der Waals surface area contributed by atoms with Gasteiger partial charge < -0.3 is 4.74 Å². The highest BCUT2D eigenvalue weighted by Crippen LogP contribution is 2.54. The van der Waals surface area contributed by atoms with Gasteiger partial charge in [0.2, 0.25) is 0 Å². The molecule has 2 rings (SSSR count). The third kappa shape index (κ3) is 3.52. The molecular weight excluding hydrogens is 278 g/mol. The van der Waals surface area contributed by atoms with Gasteiger partial charge in [-0.1, -0.05) is 31.5 Å². The van der Waals surface area contributed by atoms with E-state index in [1.165, 1.54) is 11.4 Å². The Morgan fingerprint density at radius 2 is 1.75 bits per heavy atom. The molecule has 6 heteroatoms. The summed E-state index contributed by atoms with van der Waals surface area (Å²) in [5.41, 5.74) is 1.06. The number of hydrogen-bond donors (Lipinski definition) is 2. The van der Waals surface area contributed by atoms with Crippen LogP contribution in [0, 0.1) is 12.8 Å². The van der Waals surface area contributed by atoms with E-state index in [-0.39, 0.29) is 11.9 Å². The molecule has 0 unspecified atom stereocenters. The summed E-state index contributed by atoms with van der Waals surface area (Å²) >= 11 is 0. The van der Waals surface area contributed by atoms with Gasteiger partial charge in [-0.25, -0.2) is 4.31 Å². The molecule has 1 heterocycles. The minimum absolute atomic E-state index is 0.258. The summed E-state index contributed by atoms with van der Waals surface area (Å²) in [5, 5.41) is 0. The smallest absolute Gasteiger partial charge is 0.311 e. The number of benzene rings is 1. The number of aryl methyl sites for hydroxylation is 1. The van der Waals surface area contributed by atoms with Crippen molar-refractivity contribution >= 4 is 16.7 Å². The molecule has 1 aliphatic rings. The molecule has 114 valence electrons. The molecule has 0 amide bonds. The van der Waals surface area contributed by atoms with Crippen LogP contribution in [0.25, 0.3) is 0 Å². The van der Waals surface area contributed by atoms with E-state index in [9.17, 15) is 13.9 Å². The van der Waals surface area contributed by atoms with Crippen molar-refractivity contribution in [3.63, 3.8) is 0 Å². The van der Waals surface area contributed by atoms with Gasteiger partial charge in [0.1, 0.15) is 0 Å². The molecule has 1 saturated heterocycles. The number of ether oxygens (including phenoxy) is 1. The third-order valence-electron chi connectivity index (χ3n) is 3.08. The summed E-state index contributed by atoms with van der Waals surface area (Å²) in [6.07, 6.45) is 0. The standard InChI is InChI=1S/C12H17NO4S.C2H6/c1-9-3-5-11(6-4-9)18(15,16)13-7-10(8-13)12(14)17-2;1-2/h3-6,10,15-16H,7-8H2,1-2H3;1-2H3. The van der Waals surface area contributed by atoms with Crippen molar-refractivity contribution < 1.29 is 18.6 Å². The number of hydrogen-bond acceptors (Lipinski definition) is 5. The summed E-state index contributed by atoms with van der Waals surface area (Å²) < 4.78 is 26.5. The average Bonchev–Trinajstić information content (AvgIpc) is 2.39. The summed E-state index contributed by atoms with van der Waals surface area (Å²) in [4.78, 5) is 11.7. The van der Waals surface area contributed by atoms with Crippen LogP contribution in [-0.4, -0.2) is 39.6 Å². The van der Waals surface area contributed by atoms with Gasteiger partial charge in [-0.05, 0) is 19.1 Å². The van der Waals surface area contributed by atoms with Gasteiger partial charge in [-0.3, -0.25) is 13.9 Å². The zero-order valence-corrected chi connectivity index (χ0v) is 13.2. The lowest BCUT2D eigenvalue weighted by atomic mass is 10.0. The van der Waals surface area contributed by atoms with Crippen LogP contribution in [-0.2, 0) is 9.53 Å². The van der Waals surface area contributed by atoms with Crippen molar-refractivity contribution in [3.05, 3.63) is 29.8 Å². The van der Waals surface area contributed by atoms with E-state index in [4.69, 9.17) is 0 Å². The molecule has 1 aromatic rings. The second-order valence-electron chi connectivity index (χ2n) is 4.40. The fourth-order valence-corrected chi connectivity index (χ4v) is 3.41. The van der Waals surface area contributed by atoms with Crippen molar-refractivity contribution in [2.45, 2.75) is 25.7 Å². The fraction of sp³-hybridized carbons (Fsp3) is 0.500. The highest BCUT2D eigenvalue weighted by atomic mass is 32.3. The fourth-order valence-electron chi connectivity index (χ4n) is 1.83. The molecular formula is C14H23NO4S. The highest BCUT2D eigenvalue weighted by Gasteiger charge is 2.41. The predicted molar refractivity (Wildman–Crippen MR) is 80.7 cm³/mol. The molecule has 2 N–H and O–H groups in total. The maximum Gasteiger partial charge on any atom is 0.311 e. The second kappa shape index (κ2) is 7.08. The van der Waals surface area contributed by atoms with Gasteiger partial charge in [-0.15, -0.1) is 10.8 Å². The number of esters is 1. The van der Waals surface area contributed by atoms with E-state index in [1.54, 1.807) is 12.1 Å². The van der Waals surface area contributed by atoms with Crippen molar-refractivity contribution in [2.24, 2.45) is 5.92 Å². The average molecular weight is 301 g/mol. The maximum absolute atomic E-state index is 11.2. The Bertz CT molecular complexity index is 441. The first kappa shape index (κ1) is 17.0. The number of rotatable bonds is 3. The van der Waals surface area contributed by atoms with E-state index in [0.717, 1.165) is 5.56 Å². The third-order valence-corrected chi connectivity index (χ3v) is 5.00. The van der Waals surface area contributed by atoms with Gasteiger partial charge in [0.25, 0.3) is 0 Å². The molecule has 1 fully saturated rings. The molecule has 0 bridgehead atoms. The van der Waals surface area contributed by atoms with Crippen molar-refractivity contribution in [2.75, 3.05) is 20.2 Å². The summed E-state index contributed by atoms with van der Waals surface area (Å²) in [7, 11) is -1.63. The Balaban J connectivity index is 0.000000956. The van der Waals surface area contributed by atoms with E-state index < -0.39 is 10.8 Å². The molecule has 0 atom stereocenters. The predicted octanol–water partition coefficient (Wildman–Crippen LogP) is 3.15. The van der Waals surface area contributed by atoms with Gasteiger partial charge in [0, 0.05) is 13.1 Å². The van der Waals surface area contributed by atoms with E-state index in [2.05, 4.69) is 4.74 Å². The van der Waals surface area contributed by atoms with Crippen molar-refractivity contribution in [3.8, 4) is 0 Å². The molecule has 0 aromatic heterocycles. The summed E-state index contributed by atoms with van der Waals surface area (Å²) in [6, 6.07) is 7.08. The SMILES string of the molecule is CC.COC(=O)C1CN(S(O)(O)c2ccc(C)cc2)C1. The van der Waals surface area contributed by atoms with E-state index >= 15 is 0 Å². The molecule has 0 spiro atoms. The minimum atomic E-state index is -2.97. The quantitative estimate of drug-likeness (QED) is 0.839. The lowest BCUT2D eigenvalue weighted by Crippen LogP contribution is -2.51. The zero-order valence-electron chi connectivity index (χ0n) is 12.4. The summed E-state index contributed by atoms with van der Waals surface area (Å²) in [5.74, 6) is -0.558. The minimum Gasteiger partial charge on any atom is -0.469 e. The van der Waals surface area contributed by atoms with Crippen LogP contribution >= 0.6 is 10.8 Å². The molecule has 0 radical (unpaired) electrons. The normalized spacial score (nSPS) is 16.7. The Morgan fingerprint density at radius 3 is 2.20 bits per heavy atom. The number of methoxy groups -OCH3 is 1. The topological polar surface area (TPSA) is 70.0 Å². The van der Waals surface area contributed by atoms with Crippen LogP contribution in [0.1, 0.15) is 19.4 Å². The van der Waals surface area contributed by atoms with Crippen LogP contribution in [0.5, 0.6) is 0 Å². The molecule has 20 heavy (non-hydrogen) atoms. The first-order chi connectivity index (χ1) is 9.45. The first-order valence-electron chi connectivity index (χ1n) is 6.63. The Labute approximate surface area is 122 Å². The van der Waals surface area contributed by atoms with Crippen LogP contribution in [0.2, 0.25) is 0 Å². The number of carbonyl (C=O) groups excluding carboxylic acids is 1. The van der Waals surface area contributed by atoms with Gasteiger partial charge in [0.15, 0.2) is 0 Å². The van der Waals surface area contributed by atoms with Gasteiger partial charge in [-0.2, -0.15) is 0 Å². The largest absolute Gasteiger partial charge is 0.469 e. The van der Waals surface area contributed by atoms with Crippen molar-refractivity contribution in [1.29, 1.82) is 0 Å². The molecule has 1 aliphatic heterocycles. The number of carbonyl (C=O) groups is 1. The molecule has 0 saturated carbocycles. The van der Waals surface area contributed by atoms with Crippen LogP contribution in [0.15, 0.2) is 29.2 Å². The lowest BCUT2D eigenvalue weighted by Gasteiger charge is -2.50. The van der Waals surface area contributed by atoms with Crippen molar-refractivity contribution in [1.82, 2.24) is 4.31 Å². The highest BCUT2D eigenvalue weighted by molar-refractivity contribution is 8.22. The molecule has 5 nitrogen and oxygen atoms in total. The first-order valence-corrected chi connectivity index (χ1v) is 8.13. The van der Waals surface area contributed by atoms with Gasteiger partial charge >= 0.3 is 5.97 Å². The molecule has 1 aromatic carbocycles.